The van der Waals surface area contributed by atoms with Gasteiger partial charge < -0.3 is 4.42 Å². The molecule has 5 aromatic rings. The fourth-order valence-corrected chi connectivity index (χ4v) is 4.47. The van der Waals surface area contributed by atoms with Crippen LogP contribution in [0.3, 0.4) is 0 Å². The molecule has 0 aliphatic carbocycles. The number of nitrogens with zero attached hydrogens (tertiary/aromatic N) is 5. The molecule has 2 aromatic carbocycles. The Morgan fingerprint density at radius 1 is 0.967 bits per heavy atom. The fourth-order valence-electron chi connectivity index (χ4n) is 3.08. The molecular weight excluding hydrogens is 441 g/mol. The number of para-hydroxylation sites is 1. The van der Waals surface area contributed by atoms with E-state index in [1.165, 1.54) is 11.8 Å². The summed E-state index contributed by atoms with van der Waals surface area (Å²) in [6.45, 7) is 0.444. The summed E-state index contributed by atoms with van der Waals surface area (Å²) in [5, 5.41) is 12.3. The van der Waals surface area contributed by atoms with Crippen molar-refractivity contribution in [3.63, 3.8) is 0 Å². The van der Waals surface area contributed by atoms with Crippen LogP contribution >= 0.6 is 35.0 Å². The topological polar surface area (TPSA) is 69.6 Å². The molecule has 9 heteroatoms. The lowest BCUT2D eigenvalue weighted by atomic mass is 10.2. The van der Waals surface area contributed by atoms with Crippen LogP contribution < -0.4 is 0 Å². The number of hydrogen-bond donors (Lipinski definition) is 0. The molecule has 0 radical (unpaired) electrons. The van der Waals surface area contributed by atoms with E-state index >= 15 is 0 Å². The first kappa shape index (κ1) is 19.1. The van der Waals surface area contributed by atoms with Gasteiger partial charge in [-0.05, 0) is 48.2 Å². The maximum absolute atomic E-state index is 6.45. The van der Waals surface area contributed by atoms with Crippen molar-refractivity contribution in [2.75, 3.05) is 0 Å². The molecule has 3 heterocycles. The van der Waals surface area contributed by atoms with Gasteiger partial charge in [0.15, 0.2) is 11.0 Å². The third kappa shape index (κ3) is 3.67. The third-order valence-electron chi connectivity index (χ3n) is 4.48. The molecule has 0 aliphatic heterocycles. The summed E-state index contributed by atoms with van der Waals surface area (Å²) in [7, 11) is 0. The standard InChI is InChI=1S/C21H13Cl2N5OS/c22-13-7-8-15(17(23)10-13)19-26-27-21(28(19)11-14-4-3-9-29-14)30-20-16-5-1-2-6-18(16)24-12-25-20/h1-10,12H,11H2. The van der Waals surface area contributed by atoms with E-state index in [1.54, 1.807) is 24.7 Å². The normalized spacial score (nSPS) is 11.3. The van der Waals surface area contributed by atoms with E-state index < -0.39 is 0 Å². The monoisotopic (exact) mass is 453 g/mol. The maximum Gasteiger partial charge on any atom is 0.198 e. The Hall–Kier alpha value is -2.87. The fraction of sp³-hybridized carbons (Fsp3) is 0.0476. The van der Waals surface area contributed by atoms with Gasteiger partial charge in [-0.15, -0.1) is 10.2 Å². The quantitative estimate of drug-likeness (QED) is 0.304. The second-order valence-corrected chi connectivity index (χ2v) is 8.19. The zero-order valence-electron chi connectivity index (χ0n) is 15.4. The number of halogens is 2. The molecule has 0 bridgehead atoms. The molecule has 0 spiro atoms. The number of furan rings is 1. The van der Waals surface area contributed by atoms with Crippen molar-refractivity contribution >= 4 is 45.9 Å². The number of rotatable bonds is 5. The number of benzene rings is 2. The van der Waals surface area contributed by atoms with Crippen molar-refractivity contribution in [3.8, 4) is 11.4 Å². The molecule has 3 aromatic heterocycles. The molecule has 30 heavy (non-hydrogen) atoms. The zero-order valence-corrected chi connectivity index (χ0v) is 17.7. The van der Waals surface area contributed by atoms with E-state index in [2.05, 4.69) is 20.2 Å². The molecule has 0 saturated heterocycles. The predicted molar refractivity (Wildman–Crippen MR) is 117 cm³/mol. The van der Waals surface area contributed by atoms with Gasteiger partial charge in [-0.1, -0.05) is 41.4 Å². The first-order chi connectivity index (χ1) is 14.7. The van der Waals surface area contributed by atoms with Gasteiger partial charge in [-0.25, -0.2) is 9.97 Å². The van der Waals surface area contributed by atoms with E-state index in [4.69, 9.17) is 27.6 Å². The van der Waals surface area contributed by atoms with Crippen molar-refractivity contribution in [2.24, 2.45) is 0 Å². The first-order valence-corrected chi connectivity index (χ1v) is 10.5. The molecular formula is C21H13Cl2N5OS. The van der Waals surface area contributed by atoms with Crippen LogP contribution in [0.2, 0.25) is 10.0 Å². The summed E-state index contributed by atoms with van der Waals surface area (Å²) in [4.78, 5) is 8.78. The smallest absolute Gasteiger partial charge is 0.198 e. The Balaban J connectivity index is 1.62. The lowest BCUT2D eigenvalue weighted by Gasteiger charge is -2.10. The molecule has 0 aliphatic rings. The van der Waals surface area contributed by atoms with Crippen LogP contribution in [-0.4, -0.2) is 24.7 Å². The number of hydrogen-bond acceptors (Lipinski definition) is 6. The second-order valence-electron chi connectivity index (χ2n) is 6.39. The summed E-state index contributed by atoms with van der Waals surface area (Å²) < 4.78 is 7.51. The Bertz CT molecular complexity index is 1330. The average Bonchev–Trinajstić information content (AvgIpc) is 3.40. The van der Waals surface area contributed by atoms with Crippen LogP contribution in [0.25, 0.3) is 22.3 Å². The van der Waals surface area contributed by atoms with Crippen LogP contribution in [0.4, 0.5) is 0 Å². The van der Waals surface area contributed by atoms with Crippen LogP contribution in [0.15, 0.2) is 81.8 Å². The zero-order chi connectivity index (χ0) is 20.5. The average molecular weight is 454 g/mol. The van der Waals surface area contributed by atoms with E-state index in [-0.39, 0.29) is 0 Å². The minimum Gasteiger partial charge on any atom is -0.467 e. The van der Waals surface area contributed by atoms with Gasteiger partial charge in [0, 0.05) is 16.0 Å². The molecule has 0 atom stereocenters. The van der Waals surface area contributed by atoms with Crippen LogP contribution in [0.5, 0.6) is 0 Å². The van der Waals surface area contributed by atoms with Gasteiger partial charge >= 0.3 is 0 Å². The Morgan fingerprint density at radius 3 is 2.70 bits per heavy atom. The van der Waals surface area contributed by atoms with Gasteiger partial charge in [-0.3, -0.25) is 4.57 Å². The van der Waals surface area contributed by atoms with Crippen LogP contribution in [0.1, 0.15) is 5.76 Å². The lowest BCUT2D eigenvalue weighted by molar-refractivity contribution is 0.485. The highest BCUT2D eigenvalue weighted by atomic mass is 35.5. The van der Waals surface area contributed by atoms with Crippen LogP contribution in [-0.2, 0) is 6.54 Å². The Kier molecular flexibility index (Phi) is 5.16. The molecule has 148 valence electrons. The van der Waals surface area contributed by atoms with Gasteiger partial charge in [-0.2, -0.15) is 0 Å². The molecule has 0 unspecified atom stereocenters. The van der Waals surface area contributed by atoms with E-state index in [0.29, 0.717) is 27.6 Å². The minimum absolute atomic E-state index is 0.444. The van der Waals surface area contributed by atoms with Crippen molar-refractivity contribution < 1.29 is 4.42 Å². The molecule has 6 nitrogen and oxygen atoms in total. The first-order valence-electron chi connectivity index (χ1n) is 8.97. The van der Waals surface area contributed by atoms with E-state index in [1.807, 2.05) is 47.0 Å². The highest BCUT2D eigenvalue weighted by Crippen LogP contribution is 2.35. The summed E-state index contributed by atoms with van der Waals surface area (Å²) in [6, 6.07) is 16.9. The summed E-state index contributed by atoms with van der Waals surface area (Å²) in [5.74, 6) is 1.39. The molecule has 0 saturated carbocycles. The van der Waals surface area contributed by atoms with Gasteiger partial charge in [0.25, 0.3) is 0 Å². The third-order valence-corrected chi connectivity index (χ3v) is 6.03. The van der Waals surface area contributed by atoms with Crippen molar-refractivity contribution in [1.29, 1.82) is 0 Å². The van der Waals surface area contributed by atoms with Crippen LogP contribution in [0, 0.1) is 0 Å². The Morgan fingerprint density at radius 2 is 1.87 bits per heavy atom. The highest BCUT2D eigenvalue weighted by Gasteiger charge is 2.20. The van der Waals surface area contributed by atoms with E-state index in [0.717, 1.165) is 27.3 Å². The maximum atomic E-state index is 6.45. The van der Waals surface area contributed by atoms with E-state index in [9.17, 15) is 0 Å². The van der Waals surface area contributed by atoms with Gasteiger partial charge in [0.05, 0.1) is 23.3 Å². The largest absolute Gasteiger partial charge is 0.467 e. The summed E-state index contributed by atoms with van der Waals surface area (Å²) >= 11 is 13.9. The number of fused-ring (bicyclic) bond motifs is 1. The lowest BCUT2D eigenvalue weighted by Crippen LogP contribution is -2.04. The van der Waals surface area contributed by atoms with Crippen molar-refractivity contribution in [3.05, 3.63) is 83.0 Å². The second kappa shape index (κ2) is 8.10. The highest BCUT2D eigenvalue weighted by molar-refractivity contribution is 7.99. The molecule has 0 fully saturated rings. The molecule has 0 amide bonds. The molecule has 5 rings (SSSR count). The summed E-state index contributed by atoms with van der Waals surface area (Å²) in [5.41, 5.74) is 1.60. The van der Waals surface area contributed by atoms with Crippen molar-refractivity contribution in [2.45, 2.75) is 16.7 Å². The minimum atomic E-state index is 0.444. The van der Waals surface area contributed by atoms with Gasteiger partial charge in [0.1, 0.15) is 17.1 Å². The SMILES string of the molecule is Clc1ccc(-c2nnc(Sc3ncnc4ccccc34)n2Cc2ccco2)c(Cl)c1. The summed E-state index contributed by atoms with van der Waals surface area (Å²) in [6.07, 6.45) is 3.19. The number of aromatic nitrogens is 5. The van der Waals surface area contributed by atoms with Gasteiger partial charge in [0.2, 0.25) is 0 Å². The Labute approximate surface area is 185 Å². The predicted octanol–water partition coefficient (Wildman–Crippen LogP) is 5.99. The molecule has 0 N–H and O–H groups in total. The van der Waals surface area contributed by atoms with Crippen molar-refractivity contribution in [1.82, 2.24) is 24.7 Å².